The van der Waals surface area contributed by atoms with Gasteiger partial charge in [-0.15, -0.1) is 11.3 Å². The molecule has 0 spiro atoms. The summed E-state index contributed by atoms with van der Waals surface area (Å²) in [5, 5.41) is 2.57. The molecule has 3 heterocycles. The van der Waals surface area contributed by atoms with Gasteiger partial charge in [0.15, 0.2) is 11.6 Å². The van der Waals surface area contributed by atoms with Crippen molar-refractivity contribution < 1.29 is 13.9 Å². The average Bonchev–Trinajstić information content (AvgIpc) is 3.32. The Hall–Kier alpha value is -3.07. The van der Waals surface area contributed by atoms with Crippen LogP contribution in [0, 0.1) is 5.82 Å². The molecule has 1 aromatic carbocycles. The molecule has 0 radical (unpaired) electrons. The van der Waals surface area contributed by atoms with E-state index >= 15 is 0 Å². The first-order valence-electron chi connectivity index (χ1n) is 10.3. The maximum atomic E-state index is 13.5. The molecular formula is C22H23FN4O3S. The molecule has 9 heteroatoms. The maximum Gasteiger partial charge on any atom is 0.251 e. The first-order chi connectivity index (χ1) is 15.1. The van der Waals surface area contributed by atoms with Crippen LogP contribution < -0.4 is 10.3 Å². The van der Waals surface area contributed by atoms with Crippen LogP contribution in [-0.4, -0.2) is 45.5 Å². The fourth-order valence-corrected chi connectivity index (χ4v) is 4.25. The van der Waals surface area contributed by atoms with Gasteiger partial charge in [0.25, 0.3) is 5.56 Å². The molecule has 0 bridgehead atoms. The zero-order valence-corrected chi connectivity index (χ0v) is 17.7. The second-order valence-corrected chi connectivity index (χ2v) is 8.29. The van der Waals surface area contributed by atoms with Crippen molar-refractivity contribution >= 4 is 17.2 Å². The zero-order chi connectivity index (χ0) is 21.6. The van der Waals surface area contributed by atoms with E-state index in [0.29, 0.717) is 37.4 Å². The van der Waals surface area contributed by atoms with Crippen molar-refractivity contribution in [1.29, 1.82) is 0 Å². The number of aromatic nitrogens is 3. The largest absolute Gasteiger partial charge is 0.491 e. The van der Waals surface area contributed by atoms with Crippen molar-refractivity contribution in [2.75, 3.05) is 19.7 Å². The van der Waals surface area contributed by atoms with Crippen LogP contribution in [-0.2, 0) is 4.79 Å². The summed E-state index contributed by atoms with van der Waals surface area (Å²) in [4.78, 5) is 38.1. The number of aromatic amines is 1. The lowest BCUT2D eigenvalue weighted by Gasteiger charge is -2.31. The standard InChI is InChI=1S/C22H23FN4O3S/c23-16-4-1-2-5-18(16)30-12-3-6-20(29)27-10-7-15(8-11-27)21-25-17(14-19(28)26-21)22-24-9-13-31-22/h1-2,4-5,9,13-15H,3,6-8,10-12H2,(H,25,26,28). The van der Waals surface area contributed by atoms with E-state index < -0.39 is 5.82 Å². The predicted molar refractivity (Wildman–Crippen MR) is 116 cm³/mol. The van der Waals surface area contributed by atoms with Crippen LogP contribution in [0.4, 0.5) is 4.39 Å². The topological polar surface area (TPSA) is 88.2 Å². The number of carbonyl (C=O) groups is 1. The van der Waals surface area contributed by atoms with E-state index in [4.69, 9.17) is 4.74 Å². The highest BCUT2D eigenvalue weighted by atomic mass is 32.1. The van der Waals surface area contributed by atoms with Gasteiger partial charge in [0.2, 0.25) is 5.91 Å². The highest BCUT2D eigenvalue weighted by Gasteiger charge is 2.25. The summed E-state index contributed by atoms with van der Waals surface area (Å²) >= 11 is 1.44. The number of hydrogen-bond acceptors (Lipinski definition) is 6. The van der Waals surface area contributed by atoms with Crippen molar-refractivity contribution in [2.24, 2.45) is 0 Å². The molecule has 0 unspecified atom stereocenters. The second-order valence-electron chi connectivity index (χ2n) is 7.39. The highest BCUT2D eigenvalue weighted by molar-refractivity contribution is 7.13. The van der Waals surface area contributed by atoms with Crippen LogP contribution in [0.1, 0.15) is 37.4 Å². The quantitative estimate of drug-likeness (QED) is 0.565. The lowest BCUT2D eigenvalue weighted by Crippen LogP contribution is -2.38. The lowest BCUT2D eigenvalue weighted by atomic mass is 9.95. The summed E-state index contributed by atoms with van der Waals surface area (Å²) in [6.45, 7) is 1.52. The van der Waals surface area contributed by atoms with Crippen molar-refractivity contribution in [3.05, 3.63) is 63.9 Å². The van der Waals surface area contributed by atoms with Gasteiger partial charge in [0, 0.05) is 43.1 Å². The maximum absolute atomic E-state index is 13.5. The molecule has 0 saturated carbocycles. The summed E-state index contributed by atoms with van der Waals surface area (Å²) in [6, 6.07) is 7.70. The number of benzene rings is 1. The molecule has 7 nitrogen and oxygen atoms in total. The van der Waals surface area contributed by atoms with Gasteiger partial charge in [0.05, 0.1) is 6.61 Å². The average molecular weight is 443 g/mol. The van der Waals surface area contributed by atoms with Crippen LogP contribution in [0.5, 0.6) is 5.75 Å². The number of H-pyrrole nitrogens is 1. The molecule has 162 valence electrons. The van der Waals surface area contributed by atoms with Gasteiger partial charge in [-0.05, 0) is 31.4 Å². The highest BCUT2D eigenvalue weighted by Crippen LogP contribution is 2.27. The Balaban J connectivity index is 1.26. The van der Waals surface area contributed by atoms with E-state index in [0.717, 1.165) is 17.8 Å². The fraction of sp³-hybridized carbons (Fsp3) is 0.364. The van der Waals surface area contributed by atoms with Gasteiger partial charge >= 0.3 is 0 Å². The number of piperidine rings is 1. The smallest absolute Gasteiger partial charge is 0.251 e. The van der Waals surface area contributed by atoms with Crippen molar-refractivity contribution in [1.82, 2.24) is 19.9 Å². The van der Waals surface area contributed by atoms with Gasteiger partial charge in [0.1, 0.15) is 16.5 Å². The Labute approximate surface area is 182 Å². The molecule has 1 N–H and O–H groups in total. The van der Waals surface area contributed by atoms with Crippen molar-refractivity contribution in [3.8, 4) is 16.5 Å². The number of nitrogens with one attached hydrogen (secondary N) is 1. The van der Waals surface area contributed by atoms with E-state index in [2.05, 4.69) is 15.0 Å². The van der Waals surface area contributed by atoms with Crippen molar-refractivity contribution in [2.45, 2.75) is 31.6 Å². The molecule has 4 rings (SSSR count). The molecular weight excluding hydrogens is 419 g/mol. The van der Waals surface area contributed by atoms with Gasteiger partial charge in [-0.3, -0.25) is 9.59 Å². The zero-order valence-electron chi connectivity index (χ0n) is 16.9. The van der Waals surface area contributed by atoms with Crippen LogP contribution in [0.15, 0.2) is 46.7 Å². The first kappa shape index (κ1) is 21.2. The first-order valence-corrected chi connectivity index (χ1v) is 11.1. The molecule has 31 heavy (non-hydrogen) atoms. The van der Waals surface area contributed by atoms with E-state index in [-0.39, 0.29) is 29.7 Å². The number of thiazole rings is 1. The summed E-state index contributed by atoms with van der Waals surface area (Å²) in [6.07, 6.45) is 4.04. The molecule has 3 aromatic rings. The van der Waals surface area contributed by atoms with Gasteiger partial charge in [-0.25, -0.2) is 14.4 Å². The molecule has 0 atom stereocenters. The molecule has 1 saturated heterocycles. The van der Waals surface area contributed by atoms with Crippen LogP contribution in [0.25, 0.3) is 10.7 Å². The Morgan fingerprint density at radius 3 is 2.84 bits per heavy atom. The molecule has 0 aliphatic carbocycles. The number of hydrogen-bond donors (Lipinski definition) is 1. The normalized spacial score (nSPS) is 14.5. The van der Waals surface area contributed by atoms with E-state index in [1.807, 2.05) is 10.3 Å². The van der Waals surface area contributed by atoms with Gasteiger partial charge in [-0.2, -0.15) is 0 Å². The third-order valence-electron chi connectivity index (χ3n) is 5.27. The van der Waals surface area contributed by atoms with Gasteiger partial charge in [-0.1, -0.05) is 12.1 Å². The number of likely N-dealkylation sites (tertiary alicyclic amines) is 1. The number of nitrogens with zero attached hydrogens (tertiary/aromatic N) is 3. The molecule has 1 amide bonds. The Morgan fingerprint density at radius 2 is 2.10 bits per heavy atom. The summed E-state index contributed by atoms with van der Waals surface area (Å²) in [7, 11) is 0. The number of halogens is 1. The Morgan fingerprint density at radius 1 is 1.29 bits per heavy atom. The number of carbonyl (C=O) groups excluding carboxylic acids is 1. The number of amides is 1. The SMILES string of the molecule is O=C(CCCOc1ccccc1F)N1CCC(c2nc(-c3nccs3)cc(=O)[nH]2)CC1. The summed E-state index contributed by atoms with van der Waals surface area (Å²) in [5.41, 5.74) is 0.394. The minimum Gasteiger partial charge on any atom is -0.491 e. The van der Waals surface area contributed by atoms with Crippen LogP contribution in [0.2, 0.25) is 0 Å². The molecule has 1 aliphatic heterocycles. The van der Waals surface area contributed by atoms with Crippen molar-refractivity contribution in [3.63, 3.8) is 0 Å². The van der Waals surface area contributed by atoms with E-state index in [9.17, 15) is 14.0 Å². The molecule has 1 aliphatic rings. The monoisotopic (exact) mass is 442 g/mol. The molecule has 2 aromatic heterocycles. The fourth-order valence-electron chi connectivity index (χ4n) is 3.66. The predicted octanol–water partition coefficient (Wildman–Crippen LogP) is 3.60. The Kier molecular flexibility index (Phi) is 6.71. The third kappa shape index (κ3) is 5.35. The van der Waals surface area contributed by atoms with E-state index in [1.165, 1.54) is 23.5 Å². The van der Waals surface area contributed by atoms with E-state index in [1.54, 1.807) is 24.4 Å². The number of para-hydroxylation sites is 1. The number of rotatable bonds is 7. The second kappa shape index (κ2) is 9.82. The Bertz CT molecular complexity index is 1080. The summed E-state index contributed by atoms with van der Waals surface area (Å²) < 4.78 is 19.0. The van der Waals surface area contributed by atoms with Crippen LogP contribution in [0.3, 0.4) is 0 Å². The minimum absolute atomic E-state index is 0.0635. The lowest BCUT2D eigenvalue weighted by molar-refractivity contribution is -0.132. The summed E-state index contributed by atoms with van der Waals surface area (Å²) in [5.74, 6) is 0.622. The molecule has 1 fully saturated rings. The minimum atomic E-state index is -0.401. The van der Waals surface area contributed by atoms with Crippen LogP contribution >= 0.6 is 11.3 Å². The van der Waals surface area contributed by atoms with Gasteiger partial charge < -0.3 is 14.6 Å². The third-order valence-corrected chi connectivity index (χ3v) is 6.07. The number of ether oxygens (including phenoxy) is 1.